The van der Waals surface area contributed by atoms with Crippen LogP contribution in [0.3, 0.4) is 0 Å². The largest absolute Gasteiger partial charge is 0.441 e. The van der Waals surface area contributed by atoms with Crippen molar-refractivity contribution in [2.45, 2.75) is 25.8 Å². The zero-order valence-corrected chi connectivity index (χ0v) is 17.3. The van der Waals surface area contributed by atoms with Crippen molar-refractivity contribution < 1.29 is 18.0 Å². The molecule has 0 aliphatic carbocycles. The smallest absolute Gasteiger partial charge is 0.223 e. The van der Waals surface area contributed by atoms with Gasteiger partial charge in [-0.2, -0.15) is 0 Å². The Kier molecular flexibility index (Phi) is 6.72. The van der Waals surface area contributed by atoms with Gasteiger partial charge in [-0.1, -0.05) is 36.4 Å². The molecule has 1 saturated heterocycles. The Morgan fingerprint density at radius 2 is 1.74 bits per heavy atom. The first-order valence-corrected chi connectivity index (χ1v) is 10.5. The predicted molar refractivity (Wildman–Crippen MR) is 113 cm³/mol. The number of rotatable bonds is 6. The van der Waals surface area contributed by atoms with E-state index in [0.717, 1.165) is 32.6 Å². The normalized spacial score (nSPS) is 15.1. The topological polar surface area (TPSA) is 49.6 Å². The molecule has 0 bridgehead atoms. The maximum Gasteiger partial charge on any atom is 0.223 e. The predicted octanol–water partition coefficient (Wildman–Crippen LogP) is 4.29. The Hall–Kier alpha value is -3.06. The van der Waals surface area contributed by atoms with Gasteiger partial charge < -0.3 is 9.32 Å². The van der Waals surface area contributed by atoms with Gasteiger partial charge in [0.25, 0.3) is 0 Å². The highest BCUT2D eigenvalue weighted by molar-refractivity contribution is 5.76. The Morgan fingerprint density at radius 1 is 0.968 bits per heavy atom. The highest BCUT2D eigenvalue weighted by Crippen LogP contribution is 2.26. The Bertz CT molecular complexity index is 1000. The van der Waals surface area contributed by atoms with Crippen molar-refractivity contribution in [2.24, 2.45) is 0 Å². The molecule has 1 aliphatic heterocycles. The maximum atomic E-state index is 13.9. The van der Waals surface area contributed by atoms with Crippen LogP contribution < -0.4 is 0 Å². The second-order valence-corrected chi connectivity index (χ2v) is 7.71. The fourth-order valence-corrected chi connectivity index (χ4v) is 3.87. The molecule has 1 aromatic heterocycles. The quantitative estimate of drug-likeness (QED) is 0.591. The van der Waals surface area contributed by atoms with Crippen LogP contribution in [0, 0.1) is 11.6 Å². The van der Waals surface area contributed by atoms with Gasteiger partial charge in [0.1, 0.15) is 11.6 Å². The minimum Gasteiger partial charge on any atom is -0.441 e. The molecule has 7 heteroatoms. The van der Waals surface area contributed by atoms with Crippen molar-refractivity contribution in [3.8, 4) is 11.3 Å². The van der Waals surface area contributed by atoms with E-state index in [1.54, 1.807) is 0 Å². The molecular weight excluding hydrogens is 400 g/mol. The number of carbonyl (C=O) groups excluding carboxylic acids is 1. The number of halogens is 2. The standard InChI is InChI=1S/C24H25F2N3O2/c25-19-8-4-9-20(26)24(19)21-16-27-22(31-21)10-11-23(30)29-13-5-12-28(14-15-29)17-18-6-2-1-3-7-18/h1-4,6-9,16H,5,10-15,17H2. The molecule has 31 heavy (non-hydrogen) atoms. The molecular formula is C24H25F2N3O2. The van der Waals surface area contributed by atoms with E-state index < -0.39 is 11.6 Å². The summed E-state index contributed by atoms with van der Waals surface area (Å²) < 4.78 is 33.3. The van der Waals surface area contributed by atoms with E-state index >= 15 is 0 Å². The number of hydrogen-bond acceptors (Lipinski definition) is 4. The third-order valence-corrected chi connectivity index (χ3v) is 5.51. The summed E-state index contributed by atoms with van der Waals surface area (Å²) in [6, 6.07) is 14.0. The average Bonchev–Trinajstić information content (AvgIpc) is 3.10. The lowest BCUT2D eigenvalue weighted by molar-refractivity contribution is -0.131. The molecule has 0 unspecified atom stereocenters. The monoisotopic (exact) mass is 425 g/mol. The van der Waals surface area contributed by atoms with Crippen LogP contribution in [0.2, 0.25) is 0 Å². The fourth-order valence-electron chi connectivity index (χ4n) is 3.87. The molecule has 1 aliphatic rings. The van der Waals surface area contributed by atoms with Crippen LogP contribution >= 0.6 is 0 Å². The first kappa shape index (κ1) is 21.2. The number of hydrogen-bond donors (Lipinski definition) is 0. The summed E-state index contributed by atoms with van der Waals surface area (Å²) in [5.41, 5.74) is 1.03. The summed E-state index contributed by atoms with van der Waals surface area (Å²) in [7, 11) is 0. The third kappa shape index (κ3) is 5.35. The molecule has 1 fully saturated rings. The van der Waals surface area contributed by atoms with Crippen LogP contribution in [-0.2, 0) is 17.8 Å². The van der Waals surface area contributed by atoms with Crippen molar-refractivity contribution in [1.82, 2.24) is 14.8 Å². The Morgan fingerprint density at radius 3 is 2.52 bits per heavy atom. The van der Waals surface area contributed by atoms with Gasteiger partial charge in [-0.3, -0.25) is 9.69 Å². The zero-order valence-electron chi connectivity index (χ0n) is 17.3. The number of oxazole rings is 1. The first-order chi connectivity index (χ1) is 15.1. The summed E-state index contributed by atoms with van der Waals surface area (Å²) in [4.78, 5) is 21.0. The van der Waals surface area contributed by atoms with Crippen LogP contribution in [0.1, 0.15) is 24.3 Å². The van der Waals surface area contributed by atoms with E-state index in [4.69, 9.17) is 4.42 Å². The van der Waals surface area contributed by atoms with Gasteiger partial charge in [0, 0.05) is 45.6 Å². The fraction of sp³-hybridized carbons (Fsp3) is 0.333. The molecule has 4 rings (SSSR count). The van der Waals surface area contributed by atoms with Gasteiger partial charge in [0.15, 0.2) is 11.7 Å². The molecule has 3 aromatic rings. The van der Waals surface area contributed by atoms with Gasteiger partial charge in [0.2, 0.25) is 5.91 Å². The molecule has 0 saturated carbocycles. The molecule has 162 valence electrons. The number of aryl methyl sites for hydroxylation is 1. The van der Waals surface area contributed by atoms with Crippen molar-refractivity contribution in [3.63, 3.8) is 0 Å². The van der Waals surface area contributed by atoms with Crippen LogP contribution in [0.15, 0.2) is 59.1 Å². The lowest BCUT2D eigenvalue weighted by Gasteiger charge is -2.22. The number of aromatic nitrogens is 1. The number of carbonyl (C=O) groups is 1. The van der Waals surface area contributed by atoms with Crippen molar-refractivity contribution in [3.05, 3.63) is 77.8 Å². The molecule has 0 spiro atoms. The van der Waals surface area contributed by atoms with Gasteiger partial charge in [0.05, 0.1) is 11.8 Å². The second-order valence-electron chi connectivity index (χ2n) is 7.71. The minimum absolute atomic E-state index is 0.0318. The maximum absolute atomic E-state index is 13.9. The highest BCUT2D eigenvalue weighted by atomic mass is 19.1. The summed E-state index contributed by atoms with van der Waals surface area (Å²) in [6.07, 6.45) is 2.76. The molecule has 2 aromatic carbocycles. The molecule has 5 nitrogen and oxygen atoms in total. The zero-order chi connectivity index (χ0) is 21.6. The highest BCUT2D eigenvalue weighted by Gasteiger charge is 2.20. The Labute approximate surface area is 180 Å². The van der Waals surface area contributed by atoms with Crippen LogP contribution in [0.4, 0.5) is 8.78 Å². The van der Waals surface area contributed by atoms with Gasteiger partial charge >= 0.3 is 0 Å². The molecule has 2 heterocycles. The van der Waals surface area contributed by atoms with E-state index in [1.807, 2.05) is 23.1 Å². The van der Waals surface area contributed by atoms with Crippen molar-refractivity contribution in [1.29, 1.82) is 0 Å². The summed E-state index contributed by atoms with van der Waals surface area (Å²) >= 11 is 0. The number of amides is 1. The molecule has 0 N–H and O–H groups in total. The van der Waals surface area contributed by atoms with Crippen molar-refractivity contribution >= 4 is 5.91 Å². The van der Waals surface area contributed by atoms with E-state index in [2.05, 4.69) is 22.0 Å². The molecule has 1 amide bonds. The number of benzene rings is 2. The van der Waals surface area contributed by atoms with Crippen LogP contribution in [0.25, 0.3) is 11.3 Å². The average molecular weight is 425 g/mol. The second kappa shape index (κ2) is 9.83. The lowest BCUT2D eigenvalue weighted by atomic mass is 10.1. The van der Waals surface area contributed by atoms with Crippen LogP contribution in [-0.4, -0.2) is 46.9 Å². The number of nitrogens with zero attached hydrogens (tertiary/aromatic N) is 3. The summed E-state index contributed by atoms with van der Waals surface area (Å²) in [6.45, 7) is 4.07. The Balaban J connectivity index is 1.30. The van der Waals surface area contributed by atoms with Crippen LogP contribution in [0.5, 0.6) is 0 Å². The van der Waals surface area contributed by atoms with E-state index in [-0.39, 0.29) is 23.7 Å². The van der Waals surface area contributed by atoms with Gasteiger partial charge in [-0.15, -0.1) is 0 Å². The molecule has 0 radical (unpaired) electrons. The first-order valence-electron chi connectivity index (χ1n) is 10.5. The van der Waals surface area contributed by atoms with E-state index in [9.17, 15) is 13.6 Å². The summed E-state index contributed by atoms with van der Waals surface area (Å²) in [5.74, 6) is -1.04. The van der Waals surface area contributed by atoms with E-state index in [1.165, 1.54) is 30.0 Å². The van der Waals surface area contributed by atoms with Gasteiger partial charge in [-0.25, -0.2) is 13.8 Å². The third-order valence-electron chi connectivity index (χ3n) is 5.51. The molecule has 0 atom stereocenters. The summed E-state index contributed by atoms with van der Waals surface area (Å²) in [5, 5.41) is 0. The minimum atomic E-state index is -0.705. The lowest BCUT2D eigenvalue weighted by Crippen LogP contribution is -2.35. The SMILES string of the molecule is O=C(CCc1ncc(-c2c(F)cccc2F)o1)N1CCCN(Cc2ccccc2)CC1. The van der Waals surface area contributed by atoms with E-state index in [0.29, 0.717) is 18.9 Å². The van der Waals surface area contributed by atoms with Crippen molar-refractivity contribution in [2.75, 3.05) is 26.2 Å². The van der Waals surface area contributed by atoms with Gasteiger partial charge in [-0.05, 0) is 24.1 Å².